The third kappa shape index (κ3) is 42.8. The Bertz CT molecular complexity index is 1440. The van der Waals surface area contributed by atoms with Crippen LogP contribution in [0.1, 0.15) is 155 Å². The number of aliphatic carboxylic acids is 1. The number of allylic oxidation sites excluding steroid dienone is 20. The van der Waals surface area contributed by atoms with E-state index in [4.69, 9.17) is 14.2 Å². The molecule has 354 valence electrons. The van der Waals surface area contributed by atoms with Gasteiger partial charge in [-0.15, -0.1) is 0 Å². The van der Waals surface area contributed by atoms with E-state index >= 15 is 0 Å². The van der Waals surface area contributed by atoms with Crippen LogP contribution in [0.25, 0.3) is 0 Å². The molecule has 0 spiro atoms. The van der Waals surface area contributed by atoms with Crippen LogP contribution in [0.15, 0.2) is 122 Å². The predicted octanol–water partition coefficient (Wildman–Crippen LogP) is 13.8. The first-order valence-corrected chi connectivity index (χ1v) is 24.2. The number of carboxylic acids is 1. The van der Waals surface area contributed by atoms with Gasteiger partial charge in [0.15, 0.2) is 12.1 Å². The summed E-state index contributed by atoms with van der Waals surface area (Å²) >= 11 is 0. The second-order valence-corrected chi connectivity index (χ2v) is 16.8. The highest BCUT2D eigenvalue weighted by molar-refractivity contribution is 5.72. The molecule has 0 aromatic carbocycles. The van der Waals surface area contributed by atoms with E-state index in [9.17, 15) is 19.5 Å². The number of carbonyl (C=O) groups is 3. The van der Waals surface area contributed by atoms with E-state index < -0.39 is 18.1 Å². The van der Waals surface area contributed by atoms with Gasteiger partial charge in [-0.25, -0.2) is 4.79 Å². The molecule has 0 bridgehead atoms. The number of unbranched alkanes of at least 4 members (excludes halogenated alkanes) is 12. The zero-order valence-corrected chi connectivity index (χ0v) is 40.2. The lowest BCUT2D eigenvalue weighted by molar-refractivity contribution is -0.887. The summed E-state index contributed by atoms with van der Waals surface area (Å²) in [4.78, 5) is 37.1. The first kappa shape index (κ1) is 58.7. The number of esters is 2. The van der Waals surface area contributed by atoms with Gasteiger partial charge in [0, 0.05) is 19.3 Å². The van der Waals surface area contributed by atoms with E-state index in [1.165, 1.54) is 38.5 Å². The topological polar surface area (TPSA) is 99.1 Å². The number of quaternary nitrogens is 1. The van der Waals surface area contributed by atoms with Crippen LogP contribution in [0, 0.1) is 0 Å². The van der Waals surface area contributed by atoms with Gasteiger partial charge in [0.05, 0.1) is 34.4 Å². The minimum Gasteiger partial charge on any atom is -0.477 e. The Balaban J connectivity index is 4.39. The highest BCUT2D eigenvalue weighted by Gasteiger charge is 2.31. The fourth-order valence-corrected chi connectivity index (χ4v) is 6.35. The van der Waals surface area contributed by atoms with Crippen molar-refractivity contribution < 1.29 is 38.2 Å². The van der Waals surface area contributed by atoms with Gasteiger partial charge in [0.1, 0.15) is 6.61 Å². The molecule has 0 saturated carbocycles. The van der Waals surface area contributed by atoms with E-state index in [1.54, 1.807) is 0 Å². The van der Waals surface area contributed by atoms with Crippen molar-refractivity contribution in [3.63, 3.8) is 0 Å². The number of carboxylic acid groups (broad SMARTS) is 1. The molecule has 0 radical (unpaired) electrons. The maximum absolute atomic E-state index is 12.8. The molecule has 0 heterocycles. The molecule has 0 aliphatic carbocycles. The Morgan fingerprint density at radius 2 is 0.921 bits per heavy atom. The predicted molar refractivity (Wildman–Crippen MR) is 265 cm³/mol. The van der Waals surface area contributed by atoms with E-state index in [0.717, 1.165) is 83.5 Å². The van der Waals surface area contributed by atoms with Crippen molar-refractivity contribution in [2.75, 3.05) is 41.0 Å². The monoisotopic (exact) mass is 875 g/mol. The van der Waals surface area contributed by atoms with Gasteiger partial charge in [0.2, 0.25) is 0 Å². The number of nitrogens with zero attached hydrogens (tertiary/aromatic N) is 1. The molecule has 0 fully saturated rings. The number of likely N-dealkylation sites (N-methyl/N-ethyl adjacent to an activating group) is 1. The Labute approximate surface area is 384 Å². The molecule has 0 rings (SSSR count). The molecule has 1 N–H and O–H groups in total. The van der Waals surface area contributed by atoms with Crippen molar-refractivity contribution in [3.05, 3.63) is 122 Å². The summed E-state index contributed by atoms with van der Waals surface area (Å²) in [5, 5.41) is 9.64. The van der Waals surface area contributed by atoms with Gasteiger partial charge in [-0.05, 0) is 70.6 Å². The zero-order chi connectivity index (χ0) is 46.3. The van der Waals surface area contributed by atoms with Crippen LogP contribution in [-0.2, 0) is 28.6 Å². The average molecular weight is 875 g/mol. The number of hydrogen-bond acceptors (Lipinski definition) is 6. The van der Waals surface area contributed by atoms with Crippen LogP contribution in [0.5, 0.6) is 0 Å². The van der Waals surface area contributed by atoms with Crippen molar-refractivity contribution in [2.45, 2.75) is 167 Å². The Hall–Kier alpha value is -4.27. The minimum absolute atomic E-state index is 0.0352. The first-order chi connectivity index (χ1) is 30.6. The van der Waals surface area contributed by atoms with Crippen molar-refractivity contribution in [1.29, 1.82) is 0 Å². The molecule has 8 nitrogen and oxygen atoms in total. The maximum atomic E-state index is 12.8. The van der Waals surface area contributed by atoms with Crippen molar-refractivity contribution in [1.82, 2.24) is 0 Å². The molecule has 63 heavy (non-hydrogen) atoms. The smallest absolute Gasteiger partial charge is 0.362 e. The van der Waals surface area contributed by atoms with Gasteiger partial charge < -0.3 is 23.8 Å². The average Bonchev–Trinajstić information content (AvgIpc) is 3.24. The van der Waals surface area contributed by atoms with Gasteiger partial charge in [-0.3, -0.25) is 9.59 Å². The summed E-state index contributed by atoms with van der Waals surface area (Å²) in [6, 6.07) is -0.631. The van der Waals surface area contributed by atoms with Crippen molar-refractivity contribution >= 4 is 17.9 Å². The fraction of sp³-hybridized carbons (Fsp3) is 0.582. The quantitative estimate of drug-likeness (QED) is 0.0215. The standard InChI is InChI=1S/C55H87NO7/c1-6-8-10-12-14-16-18-20-22-24-25-26-27-28-30-32-34-36-38-40-42-44-46-54(58)63-51(49-61-48-47-52(55(59)60)56(3,4)5)50-62-53(57)45-43-41-39-37-35-33-31-29-23-21-19-17-15-13-11-9-7-2/h8-11,13-17,19-23,25-26,29,31,33,35,51-52H,6-7,12,18,24,27-28,30,32,34,36-50H2,1-5H3/p+1/b10-8+,11-9+,15-13+,16-14+,19-17+,22-20+,23-21+,26-25+,31-29+,35-33+. The van der Waals surface area contributed by atoms with Crippen LogP contribution in [-0.4, -0.2) is 80.6 Å². The van der Waals surface area contributed by atoms with Crippen LogP contribution in [0.3, 0.4) is 0 Å². The molecule has 8 heteroatoms. The molecular weight excluding hydrogens is 787 g/mol. The van der Waals surface area contributed by atoms with Crippen LogP contribution in [0.2, 0.25) is 0 Å². The zero-order valence-electron chi connectivity index (χ0n) is 40.2. The number of hydrogen-bond donors (Lipinski definition) is 1. The molecule has 0 aliphatic rings. The molecule has 0 aliphatic heterocycles. The minimum atomic E-state index is -0.888. The summed E-state index contributed by atoms with van der Waals surface area (Å²) < 4.78 is 17.3. The fourth-order valence-electron chi connectivity index (χ4n) is 6.35. The number of rotatable bonds is 41. The SMILES string of the molecule is CC/C=C/C=C/C=C/C=C/C=C/C=C/CCCCCC(=O)OCC(COCCC(C(=O)O)[N+](C)(C)C)OC(=O)CCCCCCCCCCC/C=C/C/C=C/C/C=C/C/C=C/CC. The third-order valence-electron chi connectivity index (χ3n) is 10.0. The normalized spacial score (nSPS) is 14.0. The van der Waals surface area contributed by atoms with E-state index in [2.05, 4.69) is 74.6 Å². The summed E-state index contributed by atoms with van der Waals surface area (Å²) in [5.74, 6) is -1.55. The number of carbonyl (C=O) groups excluding carboxylic acids is 2. The van der Waals surface area contributed by atoms with E-state index in [-0.39, 0.29) is 36.2 Å². The molecule has 2 unspecified atom stereocenters. The Kier molecular flexibility index (Phi) is 41.3. The van der Waals surface area contributed by atoms with Gasteiger partial charge >= 0.3 is 17.9 Å². The highest BCUT2D eigenvalue weighted by atomic mass is 16.6. The summed E-state index contributed by atoms with van der Waals surface area (Å²) in [7, 11) is 5.50. The van der Waals surface area contributed by atoms with E-state index in [0.29, 0.717) is 19.3 Å². The molecular formula is C55H88NO7+. The summed E-state index contributed by atoms with van der Waals surface area (Å²) in [6.45, 7) is 4.40. The number of ether oxygens (including phenoxy) is 3. The second-order valence-electron chi connectivity index (χ2n) is 16.8. The second kappa shape index (κ2) is 44.3. The molecule has 0 aromatic rings. The van der Waals surface area contributed by atoms with Crippen molar-refractivity contribution in [2.24, 2.45) is 0 Å². The lowest BCUT2D eigenvalue weighted by Gasteiger charge is -2.31. The summed E-state index contributed by atoms with van der Waals surface area (Å²) in [5.41, 5.74) is 0. The van der Waals surface area contributed by atoms with Gasteiger partial charge in [0.25, 0.3) is 0 Å². The van der Waals surface area contributed by atoms with Gasteiger partial charge in [-0.1, -0.05) is 187 Å². The third-order valence-corrected chi connectivity index (χ3v) is 10.0. The Morgan fingerprint density at radius 1 is 0.492 bits per heavy atom. The van der Waals surface area contributed by atoms with Crippen molar-refractivity contribution in [3.8, 4) is 0 Å². The molecule has 0 amide bonds. The Morgan fingerprint density at radius 3 is 1.44 bits per heavy atom. The largest absolute Gasteiger partial charge is 0.477 e. The molecule has 0 saturated heterocycles. The lowest BCUT2D eigenvalue weighted by Crippen LogP contribution is -2.50. The van der Waals surface area contributed by atoms with Crippen LogP contribution >= 0.6 is 0 Å². The lowest BCUT2D eigenvalue weighted by atomic mass is 10.1. The highest BCUT2D eigenvalue weighted by Crippen LogP contribution is 2.14. The summed E-state index contributed by atoms with van der Waals surface area (Å²) in [6.07, 6.45) is 62.4. The van der Waals surface area contributed by atoms with Gasteiger partial charge in [-0.2, -0.15) is 0 Å². The molecule has 0 aromatic heterocycles. The first-order valence-electron chi connectivity index (χ1n) is 24.2. The van der Waals surface area contributed by atoms with Crippen LogP contribution < -0.4 is 0 Å². The maximum Gasteiger partial charge on any atom is 0.362 e. The van der Waals surface area contributed by atoms with Crippen LogP contribution in [0.4, 0.5) is 0 Å². The van der Waals surface area contributed by atoms with E-state index in [1.807, 2.05) is 81.9 Å². The molecule has 2 atom stereocenters.